The molecule has 10 nitrogen and oxygen atoms in total. The van der Waals surface area contributed by atoms with E-state index in [9.17, 15) is 34.8 Å². The van der Waals surface area contributed by atoms with E-state index >= 15 is 0 Å². The van der Waals surface area contributed by atoms with Gasteiger partial charge in [-0.1, -0.05) is 58.0 Å². The standard InChI is InChI=1S/C33H45NO9.Ac/c1-16-21(43-29(39)26(37)25(34-19(4)35)20-11-9-8-10-12-20)14-33(41)18(3)27-31(7,22(36)13-23-32(27,40)15-42-23)28(38)17(2)24(16)30(33,5)6;/h8-12,17-18,21-23,25-27,36-37,40-41H,13-15H2,1-7H3,(H,34,35);/t17-,18+,21?,22?,23?,25?,26?,27?,31-,32+,33?;/m1./s1. The molecule has 1 aromatic carbocycles. The maximum Gasteiger partial charge on any atom is 0.338 e. The monoisotopic (exact) mass is 826 g/mol. The van der Waals surface area contributed by atoms with E-state index in [1.165, 1.54) is 6.92 Å². The molecule has 1 aliphatic heterocycles. The SMILES string of the molecule is CC(=O)NC(c1ccccc1)C(O)C(=O)OC1CC2(O)[C@@H](C)C3[C@]4(O)COC4CC(O)[C@@]3(C)C(=O)[C@H](C)C(=C1C)C2(C)C.[Ac]. The summed E-state index contributed by atoms with van der Waals surface area (Å²) in [6, 6.07) is 7.52. The summed E-state index contributed by atoms with van der Waals surface area (Å²) < 4.78 is 11.6. The Morgan fingerprint density at radius 1 is 1.11 bits per heavy atom. The second-order valence-electron chi connectivity index (χ2n) is 14.0. The number of esters is 1. The van der Waals surface area contributed by atoms with E-state index in [0.29, 0.717) is 16.7 Å². The van der Waals surface area contributed by atoms with Crippen LogP contribution < -0.4 is 5.32 Å². The van der Waals surface area contributed by atoms with Crippen LogP contribution in [0.15, 0.2) is 41.5 Å². The largest absolute Gasteiger partial charge is 0.456 e. The van der Waals surface area contributed by atoms with Gasteiger partial charge in [-0.25, -0.2) is 4.79 Å². The van der Waals surface area contributed by atoms with Crippen molar-refractivity contribution in [3.05, 3.63) is 47.0 Å². The van der Waals surface area contributed by atoms with E-state index < -0.39 is 82.1 Å². The Bertz CT molecular complexity index is 1350. The average molecular weight is 827 g/mol. The molecule has 1 aromatic rings. The number of hydrogen-bond donors (Lipinski definition) is 5. The summed E-state index contributed by atoms with van der Waals surface area (Å²) in [5, 5.41) is 49.8. The minimum absolute atomic E-state index is 0. The number of aliphatic hydroxyl groups excluding tert-OH is 2. The molecular weight excluding hydrogens is 781 g/mol. The molecule has 44 heavy (non-hydrogen) atoms. The minimum Gasteiger partial charge on any atom is -0.456 e. The fourth-order valence-electron chi connectivity index (χ4n) is 9.18. The molecule has 2 saturated carbocycles. The number of carbonyl (C=O) groups excluding carboxylic acids is 3. The number of ketones is 1. The van der Waals surface area contributed by atoms with Crippen LogP contribution in [-0.2, 0) is 23.9 Å². The van der Waals surface area contributed by atoms with Crippen LogP contribution in [0.5, 0.6) is 0 Å². The summed E-state index contributed by atoms with van der Waals surface area (Å²) in [7, 11) is 0. The van der Waals surface area contributed by atoms with E-state index in [1.807, 2.05) is 13.8 Å². The van der Waals surface area contributed by atoms with E-state index in [2.05, 4.69) is 5.32 Å². The van der Waals surface area contributed by atoms with Gasteiger partial charge in [0.15, 0.2) is 6.10 Å². The Balaban J connectivity index is 0.00000442. The van der Waals surface area contributed by atoms with Crippen molar-refractivity contribution in [3.63, 3.8) is 0 Å². The first-order valence-electron chi connectivity index (χ1n) is 15.1. The van der Waals surface area contributed by atoms with Crippen LogP contribution in [0.2, 0.25) is 0 Å². The zero-order valence-corrected chi connectivity index (χ0v) is 31.3. The van der Waals surface area contributed by atoms with Crippen LogP contribution in [0.4, 0.5) is 0 Å². The maximum absolute atomic E-state index is 14.4. The zero-order valence-electron chi connectivity index (χ0n) is 26.5. The van der Waals surface area contributed by atoms with Crippen molar-refractivity contribution in [2.75, 3.05) is 6.61 Å². The smallest absolute Gasteiger partial charge is 0.338 e. The molecular formula is C33H45AcNO9. The van der Waals surface area contributed by atoms with Gasteiger partial charge in [0, 0.05) is 81.1 Å². The van der Waals surface area contributed by atoms with Gasteiger partial charge < -0.3 is 35.2 Å². The van der Waals surface area contributed by atoms with Crippen molar-refractivity contribution in [1.82, 2.24) is 5.32 Å². The molecule has 3 fully saturated rings. The van der Waals surface area contributed by atoms with Crippen molar-refractivity contribution in [3.8, 4) is 0 Å². The van der Waals surface area contributed by atoms with Crippen molar-refractivity contribution in [2.45, 2.75) is 103 Å². The minimum atomic E-state index is -1.75. The van der Waals surface area contributed by atoms with Gasteiger partial charge >= 0.3 is 5.97 Å². The molecule has 5 N–H and O–H groups in total. The molecule has 1 radical (unpaired) electrons. The Morgan fingerprint density at radius 2 is 1.73 bits per heavy atom. The quantitative estimate of drug-likeness (QED) is 0.221. The van der Waals surface area contributed by atoms with E-state index in [1.54, 1.807) is 58.0 Å². The van der Waals surface area contributed by atoms with Gasteiger partial charge in [-0.15, -0.1) is 0 Å². The first-order chi connectivity index (χ1) is 19.9. The van der Waals surface area contributed by atoms with Crippen LogP contribution in [0.1, 0.15) is 72.9 Å². The third-order valence-corrected chi connectivity index (χ3v) is 11.5. The van der Waals surface area contributed by atoms with Gasteiger partial charge in [0.05, 0.1) is 35.9 Å². The fourth-order valence-corrected chi connectivity index (χ4v) is 9.18. The molecule has 4 aliphatic rings. The number of ether oxygens (including phenoxy) is 2. The molecule has 1 saturated heterocycles. The fraction of sp³-hybridized carbons (Fsp3) is 0.667. The van der Waals surface area contributed by atoms with E-state index in [4.69, 9.17) is 9.47 Å². The Morgan fingerprint density at radius 3 is 2.27 bits per heavy atom. The normalized spacial score (nSPS) is 40.5. The molecule has 3 aliphatic carbocycles. The molecule has 2 bridgehead atoms. The van der Waals surface area contributed by atoms with Gasteiger partial charge in [0.1, 0.15) is 17.5 Å². The second kappa shape index (κ2) is 12.1. The van der Waals surface area contributed by atoms with Crippen molar-refractivity contribution < 1.29 is 88.3 Å². The number of Topliss-reactive ketones (excluding diaryl/α,β-unsaturated/α-hetero) is 1. The molecule has 11 heteroatoms. The third-order valence-electron chi connectivity index (χ3n) is 11.5. The Kier molecular flexibility index (Phi) is 9.82. The number of aliphatic hydroxyl groups is 4. The summed E-state index contributed by atoms with van der Waals surface area (Å²) >= 11 is 0. The number of amides is 1. The molecule has 5 rings (SSSR count). The number of fused-ring (bicyclic) bond motifs is 5. The Labute approximate surface area is 294 Å². The summed E-state index contributed by atoms with van der Waals surface area (Å²) in [5.74, 6) is -4.03. The number of benzene rings is 1. The Hall–Kier alpha value is -1.19. The summed E-state index contributed by atoms with van der Waals surface area (Å²) in [6.45, 7) is 12.0. The van der Waals surface area contributed by atoms with E-state index in [-0.39, 0.29) is 69.3 Å². The van der Waals surface area contributed by atoms with Crippen LogP contribution >= 0.6 is 0 Å². The van der Waals surface area contributed by atoms with Gasteiger partial charge in [0.25, 0.3) is 0 Å². The maximum atomic E-state index is 14.4. The number of nitrogens with one attached hydrogen (secondary N) is 1. The van der Waals surface area contributed by atoms with Crippen molar-refractivity contribution >= 4 is 17.7 Å². The average Bonchev–Trinajstić information content (AvgIpc) is 2.94. The molecule has 1 amide bonds. The van der Waals surface area contributed by atoms with Crippen LogP contribution in [-0.4, -0.2) is 80.3 Å². The number of hydrogen-bond acceptors (Lipinski definition) is 9. The molecule has 7 unspecified atom stereocenters. The number of carbonyl (C=O) groups is 3. The van der Waals surface area contributed by atoms with Crippen LogP contribution in [0.25, 0.3) is 0 Å². The van der Waals surface area contributed by atoms with Crippen LogP contribution in [0.3, 0.4) is 0 Å². The topological polar surface area (TPSA) is 163 Å². The van der Waals surface area contributed by atoms with Gasteiger partial charge in [-0.3, -0.25) is 9.59 Å². The van der Waals surface area contributed by atoms with Crippen molar-refractivity contribution in [2.24, 2.45) is 28.6 Å². The van der Waals surface area contributed by atoms with Gasteiger partial charge in [0.2, 0.25) is 5.91 Å². The summed E-state index contributed by atoms with van der Waals surface area (Å²) in [4.78, 5) is 39.9. The third kappa shape index (κ3) is 5.08. The molecule has 0 spiro atoms. The number of rotatable bonds is 5. The molecule has 0 aromatic heterocycles. The summed E-state index contributed by atoms with van der Waals surface area (Å²) in [6.07, 6.45) is -4.44. The summed E-state index contributed by atoms with van der Waals surface area (Å²) in [5.41, 5.74) is -3.64. The zero-order chi connectivity index (χ0) is 31.9. The molecule has 239 valence electrons. The van der Waals surface area contributed by atoms with Gasteiger partial charge in [-0.05, 0) is 36.5 Å². The predicted molar refractivity (Wildman–Crippen MR) is 155 cm³/mol. The molecule has 11 atom stereocenters. The first kappa shape index (κ1) is 35.7. The van der Waals surface area contributed by atoms with E-state index in [0.717, 1.165) is 0 Å². The van der Waals surface area contributed by atoms with Gasteiger partial charge in [-0.2, -0.15) is 0 Å². The van der Waals surface area contributed by atoms with Crippen molar-refractivity contribution in [1.29, 1.82) is 0 Å². The predicted octanol–water partition coefficient (Wildman–Crippen LogP) is 1.99. The second-order valence-corrected chi connectivity index (χ2v) is 14.0. The first-order valence-corrected chi connectivity index (χ1v) is 15.1. The molecule has 1 heterocycles. The van der Waals surface area contributed by atoms with Crippen LogP contribution in [0, 0.1) is 72.6 Å².